The molecule has 3 aromatic rings. The molecule has 0 fully saturated rings. The summed E-state index contributed by atoms with van der Waals surface area (Å²) in [4.78, 5) is 12.9. The molecule has 0 bridgehead atoms. The lowest BCUT2D eigenvalue weighted by Crippen LogP contribution is -2.29. The van der Waals surface area contributed by atoms with Crippen molar-refractivity contribution in [2.24, 2.45) is 0 Å². The van der Waals surface area contributed by atoms with E-state index in [0.717, 1.165) is 30.7 Å². The van der Waals surface area contributed by atoms with Gasteiger partial charge in [0.25, 0.3) is 0 Å². The van der Waals surface area contributed by atoms with Crippen LogP contribution in [0, 0.1) is 6.92 Å². The molecule has 2 heterocycles. The Hall–Kier alpha value is -2.78. The molecular weight excluding hydrogens is 388 g/mol. The zero-order valence-electron chi connectivity index (χ0n) is 16.3. The van der Waals surface area contributed by atoms with E-state index in [1.807, 2.05) is 29.8 Å². The molecule has 0 amide bonds. The number of nitrogens with one attached hydrogen (secondary N) is 2. The number of nitrogens with zero attached hydrogens (tertiary/aromatic N) is 4. The highest BCUT2D eigenvalue weighted by Gasteiger charge is 2.17. The van der Waals surface area contributed by atoms with Gasteiger partial charge in [0.2, 0.25) is 10.0 Å². The van der Waals surface area contributed by atoms with Gasteiger partial charge in [-0.15, -0.1) is 0 Å². The molecule has 0 radical (unpaired) electrons. The maximum atomic E-state index is 12.6. The molecule has 29 heavy (non-hydrogen) atoms. The fourth-order valence-corrected chi connectivity index (χ4v) is 4.61. The van der Waals surface area contributed by atoms with Crippen LogP contribution in [-0.4, -0.2) is 41.0 Å². The number of anilines is 1. The van der Waals surface area contributed by atoms with Crippen molar-refractivity contribution in [3.63, 3.8) is 0 Å². The van der Waals surface area contributed by atoms with Crippen LogP contribution in [0.4, 0.5) is 5.82 Å². The van der Waals surface area contributed by atoms with Crippen molar-refractivity contribution in [3.05, 3.63) is 59.9 Å². The van der Waals surface area contributed by atoms with Crippen LogP contribution in [0.1, 0.15) is 29.8 Å². The van der Waals surface area contributed by atoms with Gasteiger partial charge in [0.1, 0.15) is 23.8 Å². The molecule has 0 spiro atoms. The van der Waals surface area contributed by atoms with E-state index in [1.165, 1.54) is 18.3 Å². The summed E-state index contributed by atoms with van der Waals surface area (Å²) in [6.45, 7) is 2.55. The first-order chi connectivity index (χ1) is 14.0. The quantitative estimate of drug-likeness (QED) is 0.577. The zero-order chi connectivity index (χ0) is 20.3. The predicted octanol–water partition coefficient (Wildman–Crippen LogP) is 2.24. The summed E-state index contributed by atoms with van der Waals surface area (Å²) in [7, 11) is -3.53. The number of aromatic nitrogens is 4. The van der Waals surface area contributed by atoms with Crippen LogP contribution in [0.25, 0.3) is 5.82 Å². The van der Waals surface area contributed by atoms with Gasteiger partial charge < -0.3 is 5.32 Å². The van der Waals surface area contributed by atoms with Crippen LogP contribution in [0.2, 0.25) is 0 Å². The summed E-state index contributed by atoms with van der Waals surface area (Å²) < 4.78 is 29.7. The number of sulfonamides is 1. The number of hydrogen-bond donors (Lipinski definition) is 2. The summed E-state index contributed by atoms with van der Waals surface area (Å²) in [5.41, 5.74) is 2.42. The molecule has 1 aliphatic rings. The maximum absolute atomic E-state index is 12.6. The number of benzene rings is 1. The van der Waals surface area contributed by atoms with Crippen molar-refractivity contribution in [1.29, 1.82) is 0 Å². The summed E-state index contributed by atoms with van der Waals surface area (Å²) >= 11 is 0. The fraction of sp³-hybridized carbons (Fsp3) is 0.350. The van der Waals surface area contributed by atoms with Crippen molar-refractivity contribution in [3.8, 4) is 5.82 Å². The fourth-order valence-electron chi connectivity index (χ4n) is 3.53. The highest BCUT2D eigenvalue weighted by molar-refractivity contribution is 7.89. The minimum atomic E-state index is -3.53. The van der Waals surface area contributed by atoms with Crippen molar-refractivity contribution in [2.75, 3.05) is 18.4 Å². The van der Waals surface area contributed by atoms with E-state index in [2.05, 4.69) is 25.0 Å². The first kappa shape index (κ1) is 19.5. The molecular formula is C20H24N6O2S. The molecule has 1 aromatic carbocycles. The van der Waals surface area contributed by atoms with E-state index >= 15 is 0 Å². The molecule has 0 aliphatic heterocycles. The Morgan fingerprint density at radius 3 is 2.66 bits per heavy atom. The summed E-state index contributed by atoms with van der Waals surface area (Å²) in [6.07, 6.45) is 9.28. The highest BCUT2D eigenvalue weighted by atomic mass is 32.2. The second-order valence-electron chi connectivity index (χ2n) is 7.07. The van der Waals surface area contributed by atoms with Gasteiger partial charge in [-0.2, -0.15) is 0 Å². The van der Waals surface area contributed by atoms with Gasteiger partial charge in [0, 0.05) is 31.5 Å². The van der Waals surface area contributed by atoms with Gasteiger partial charge in [0.15, 0.2) is 0 Å². The average Bonchev–Trinajstić information content (AvgIpc) is 3.17. The Morgan fingerprint density at radius 1 is 1.03 bits per heavy atom. The molecule has 152 valence electrons. The van der Waals surface area contributed by atoms with Gasteiger partial charge in [-0.05, 0) is 55.9 Å². The van der Waals surface area contributed by atoms with E-state index < -0.39 is 10.0 Å². The van der Waals surface area contributed by atoms with E-state index in [4.69, 9.17) is 0 Å². The molecule has 8 nitrogen and oxygen atoms in total. The van der Waals surface area contributed by atoms with E-state index in [-0.39, 0.29) is 6.54 Å². The predicted molar refractivity (Wildman–Crippen MR) is 111 cm³/mol. The topological polar surface area (TPSA) is 102 Å². The van der Waals surface area contributed by atoms with E-state index in [0.29, 0.717) is 23.1 Å². The summed E-state index contributed by atoms with van der Waals surface area (Å²) in [6, 6.07) is 7.26. The zero-order valence-corrected chi connectivity index (χ0v) is 17.1. The third kappa shape index (κ3) is 4.46. The lowest BCUT2D eigenvalue weighted by atomic mass is 9.92. The Balaban J connectivity index is 1.35. The number of fused-ring (bicyclic) bond motifs is 1. The second-order valence-corrected chi connectivity index (χ2v) is 8.84. The second kappa shape index (κ2) is 8.30. The Labute approximate surface area is 170 Å². The summed E-state index contributed by atoms with van der Waals surface area (Å²) in [5.74, 6) is 2.15. The van der Waals surface area contributed by atoms with Crippen LogP contribution < -0.4 is 10.0 Å². The smallest absolute Gasteiger partial charge is 0.240 e. The van der Waals surface area contributed by atoms with Crippen LogP contribution in [0.3, 0.4) is 0 Å². The molecule has 4 rings (SSSR count). The number of imidazole rings is 1. The Bertz CT molecular complexity index is 1110. The molecule has 0 atom stereocenters. The van der Waals surface area contributed by atoms with Gasteiger partial charge >= 0.3 is 0 Å². The Morgan fingerprint density at radius 2 is 1.86 bits per heavy atom. The van der Waals surface area contributed by atoms with Crippen molar-refractivity contribution >= 4 is 15.8 Å². The third-order valence-electron chi connectivity index (χ3n) is 5.08. The van der Waals surface area contributed by atoms with Crippen molar-refractivity contribution in [1.82, 2.24) is 24.2 Å². The Kier molecular flexibility index (Phi) is 5.59. The van der Waals surface area contributed by atoms with Crippen LogP contribution in [-0.2, 0) is 22.9 Å². The molecule has 0 unspecified atom stereocenters. The van der Waals surface area contributed by atoms with Crippen molar-refractivity contribution in [2.45, 2.75) is 37.5 Å². The SMILES string of the molecule is Cc1nccn1-c1cc(NCCNS(=O)(=O)c2ccc3c(c2)CCCC3)ncn1. The molecule has 9 heteroatoms. The third-order valence-corrected chi connectivity index (χ3v) is 6.54. The average molecular weight is 413 g/mol. The molecule has 0 saturated carbocycles. The number of aryl methyl sites for hydroxylation is 3. The van der Waals surface area contributed by atoms with Gasteiger partial charge in [-0.3, -0.25) is 4.57 Å². The maximum Gasteiger partial charge on any atom is 0.240 e. The van der Waals surface area contributed by atoms with Gasteiger partial charge in [-0.25, -0.2) is 28.1 Å². The lowest BCUT2D eigenvalue weighted by molar-refractivity contribution is 0.582. The minimum Gasteiger partial charge on any atom is -0.369 e. The lowest BCUT2D eigenvalue weighted by Gasteiger charge is -2.17. The van der Waals surface area contributed by atoms with Gasteiger partial charge in [0.05, 0.1) is 4.90 Å². The normalized spacial score (nSPS) is 13.8. The standard InChI is InChI=1S/C20H24N6O2S/c1-15-21-10-11-26(15)20-13-19(23-14-24-20)22-8-9-25-29(27,28)18-7-6-16-4-2-3-5-17(16)12-18/h6-7,10-14,25H,2-5,8-9H2,1H3,(H,22,23,24). The van der Waals surface area contributed by atoms with Crippen LogP contribution in [0.5, 0.6) is 0 Å². The van der Waals surface area contributed by atoms with E-state index in [1.54, 1.807) is 18.3 Å². The molecule has 2 N–H and O–H groups in total. The monoisotopic (exact) mass is 412 g/mol. The van der Waals surface area contributed by atoms with Crippen LogP contribution >= 0.6 is 0 Å². The molecule has 0 saturated heterocycles. The van der Waals surface area contributed by atoms with E-state index in [9.17, 15) is 8.42 Å². The number of hydrogen-bond acceptors (Lipinski definition) is 6. The molecule has 1 aliphatic carbocycles. The summed E-state index contributed by atoms with van der Waals surface area (Å²) in [5, 5.41) is 3.13. The molecule has 2 aromatic heterocycles. The number of rotatable bonds is 7. The first-order valence-corrected chi connectivity index (χ1v) is 11.2. The van der Waals surface area contributed by atoms with Crippen LogP contribution in [0.15, 0.2) is 47.9 Å². The van der Waals surface area contributed by atoms with Gasteiger partial charge in [-0.1, -0.05) is 6.07 Å². The minimum absolute atomic E-state index is 0.253. The largest absolute Gasteiger partial charge is 0.369 e. The van der Waals surface area contributed by atoms with Crippen molar-refractivity contribution < 1.29 is 8.42 Å². The first-order valence-electron chi connectivity index (χ1n) is 9.71. The highest BCUT2D eigenvalue weighted by Crippen LogP contribution is 2.24.